The topological polar surface area (TPSA) is 108 Å². The van der Waals surface area contributed by atoms with E-state index in [2.05, 4.69) is 21.8 Å². The van der Waals surface area contributed by atoms with Crippen molar-refractivity contribution in [3.8, 4) is 11.5 Å². The first-order valence-corrected chi connectivity index (χ1v) is 15.2. The van der Waals surface area contributed by atoms with E-state index in [-0.39, 0.29) is 41.9 Å². The van der Waals surface area contributed by atoms with Crippen LogP contribution < -0.4 is 14.2 Å². The Morgan fingerprint density at radius 3 is 2.49 bits per heavy atom. The number of amides is 1. The molecule has 0 fully saturated rings. The molecule has 2 N–H and O–H groups in total. The average Bonchev–Trinajstić information content (AvgIpc) is 3.00. The van der Waals surface area contributed by atoms with Crippen molar-refractivity contribution < 1.29 is 27.8 Å². The second kappa shape index (κ2) is 13.4. The normalized spacial score (nSPS) is 18.5. The number of carbonyl (C=O) groups excluding carboxylic acids is 1. The van der Waals surface area contributed by atoms with Crippen LogP contribution in [0.25, 0.3) is 0 Å². The molecule has 220 valence electrons. The summed E-state index contributed by atoms with van der Waals surface area (Å²) in [6.45, 7) is 5.48. The maximum atomic E-state index is 13.5. The van der Waals surface area contributed by atoms with Gasteiger partial charge in [-0.25, -0.2) is 8.42 Å². The number of carbonyl (C=O) groups is 1. The van der Waals surface area contributed by atoms with E-state index in [1.54, 1.807) is 35.2 Å². The molecule has 0 spiro atoms. The SMILES string of the molecule is COc1ccc(S(=O)(=O)Nc2ccc3c(c2)CC(=O)N([C@H](C)CO)C[C@H](C)[C@H](CN(C)Cc2ccccc2)O3)cc1. The van der Waals surface area contributed by atoms with Gasteiger partial charge in [0.2, 0.25) is 5.91 Å². The molecule has 9 nitrogen and oxygen atoms in total. The Hall–Kier alpha value is -3.60. The quantitative estimate of drug-likeness (QED) is 0.375. The molecule has 3 aromatic rings. The third-order valence-corrected chi connectivity index (χ3v) is 8.72. The highest BCUT2D eigenvalue weighted by Gasteiger charge is 2.31. The van der Waals surface area contributed by atoms with Crippen LogP contribution in [0, 0.1) is 5.92 Å². The maximum Gasteiger partial charge on any atom is 0.261 e. The first-order valence-electron chi connectivity index (χ1n) is 13.7. The zero-order chi connectivity index (χ0) is 29.6. The van der Waals surface area contributed by atoms with Crippen LogP contribution in [0.15, 0.2) is 77.7 Å². The number of ether oxygens (including phenoxy) is 2. The van der Waals surface area contributed by atoms with Crippen molar-refractivity contribution in [1.82, 2.24) is 9.80 Å². The van der Waals surface area contributed by atoms with Gasteiger partial charge in [-0.05, 0) is 62.0 Å². The van der Waals surface area contributed by atoms with Gasteiger partial charge < -0.3 is 19.5 Å². The number of fused-ring (bicyclic) bond motifs is 1. The lowest BCUT2D eigenvalue weighted by Gasteiger charge is -2.34. The van der Waals surface area contributed by atoms with Crippen molar-refractivity contribution in [3.05, 3.63) is 83.9 Å². The standard InChI is InChI=1S/C31H39N3O6S/c1-22-18-34(23(2)21-35)31(36)17-25-16-26(32-41(37,38)28-13-11-27(39-4)12-14-28)10-15-29(25)40-30(22)20-33(3)19-24-8-6-5-7-9-24/h5-16,22-23,30,32,35H,17-21H2,1-4H3/t22-,23+,30-/m0/s1. The number of sulfonamides is 1. The van der Waals surface area contributed by atoms with Crippen molar-refractivity contribution >= 4 is 21.6 Å². The van der Waals surface area contributed by atoms with Gasteiger partial charge >= 0.3 is 0 Å². The number of aliphatic hydroxyl groups excluding tert-OH is 1. The molecule has 3 aromatic carbocycles. The Labute approximate surface area is 242 Å². The number of rotatable bonds is 10. The van der Waals surface area contributed by atoms with Crippen LogP contribution in [-0.4, -0.2) is 75.2 Å². The van der Waals surface area contributed by atoms with Crippen molar-refractivity contribution in [2.45, 2.75) is 43.9 Å². The molecule has 1 aliphatic heterocycles. The Bertz CT molecular complexity index is 1420. The van der Waals surface area contributed by atoms with Crippen LogP contribution in [-0.2, 0) is 27.8 Å². The fourth-order valence-corrected chi connectivity index (χ4v) is 6.00. The number of nitrogens with zero attached hydrogens (tertiary/aromatic N) is 2. The van der Waals surface area contributed by atoms with E-state index in [0.717, 1.165) is 6.54 Å². The third kappa shape index (κ3) is 7.78. The molecule has 1 heterocycles. The smallest absolute Gasteiger partial charge is 0.261 e. The molecule has 10 heteroatoms. The van der Waals surface area contributed by atoms with Gasteiger partial charge in [0.25, 0.3) is 10.0 Å². The van der Waals surface area contributed by atoms with Crippen LogP contribution in [0.3, 0.4) is 0 Å². The van der Waals surface area contributed by atoms with E-state index in [9.17, 15) is 18.3 Å². The van der Waals surface area contributed by atoms with Crippen molar-refractivity contribution in [2.75, 3.05) is 38.6 Å². The minimum Gasteiger partial charge on any atom is -0.497 e. The zero-order valence-corrected chi connectivity index (χ0v) is 24.8. The van der Waals surface area contributed by atoms with Crippen LogP contribution >= 0.6 is 0 Å². The van der Waals surface area contributed by atoms with Crippen LogP contribution in [0.4, 0.5) is 5.69 Å². The Balaban J connectivity index is 1.62. The fraction of sp³-hybridized carbons (Fsp3) is 0.387. The van der Waals surface area contributed by atoms with Gasteiger partial charge in [-0.1, -0.05) is 37.3 Å². The molecule has 41 heavy (non-hydrogen) atoms. The Kier molecular flexibility index (Phi) is 9.90. The first kappa shape index (κ1) is 30.4. The lowest BCUT2D eigenvalue weighted by Crippen LogP contribution is -2.47. The molecule has 4 rings (SSSR count). The van der Waals surface area contributed by atoms with Crippen LogP contribution in [0.1, 0.15) is 25.0 Å². The summed E-state index contributed by atoms with van der Waals surface area (Å²) in [5.74, 6) is 0.896. The average molecular weight is 582 g/mol. The van der Waals surface area contributed by atoms with E-state index >= 15 is 0 Å². The molecular formula is C31H39N3O6S. The van der Waals surface area contributed by atoms with Gasteiger partial charge in [0, 0.05) is 36.8 Å². The highest BCUT2D eigenvalue weighted by molar-refractivity contribution is 7.92. The summed E-state index contributed by atoms with van der Waals surface area (Å²) in [5.41, 5.74) is 2.08. The zero-order valence-electron chi connectivity index (χ0n) is 24.0. The van der Waals surface area contributed by atoms with E-state index in [1.165, 1.54) is 24.8 Å². The molecule has 0 saturated carbocycles. The van der Waals surface area contributed by atoms with E-state index in [1.807, 2.05) is 39.1 Å². The van der Waals surface area contributed by atoms with Crippen LogP contribution in [0.2, 0.25) is 0 Å². The number of aliphatic hydroxyl groups is 1. The van der Waals surface area contributed by atoms with Gasteiger partial charge in [-0.2, -0.15) is 0 Å². The highest BCUT2D eigenvalue weighted by atomic mass is 32.2. The second-order valence-corrected chi connectivity index (χ2v) is 12.4. The summed E-state index contributed by atoms with van der Waals surface area (Å²) in [7, 11) is -0.328. The Morgan fingerprint density at radius 2 is 1.83 bits per heavy atom. The minimum atomic E-state index is -3.88. The van der Waals surface area contributed by atoms with Gasteiger partial charge in [0.15, 0.2) is 0 Å². The number of nitrogens with one attached hydrogen (secondary N) is 1. The molecule has 0 aromatic heterocycles. The number of benzene rings is 3. The first-order chi connectivity index (χ1) is 19.6. The molecule has 0 unspecified atom stereocenters. The van der Waals surface area contributed by atoms with Gasteiger partial charge in [-0.3, -0.25) is 14.4 Å². The number of likely N-dealkylation sites (N-methyl/N-ethyl adjacent to an activating group) is 1. The summed E-state index contributed by atoms with van der Waals surface area (Å²) < 4.78 is 40.4. The highest BCUT2D eigenvalue weighted by Crippen LogP contribution is 2.30. The molecule has 1 aliphatic rings. The summed E-state index contributed by atoms with van der Waals surface area (Å²) in [4.78, 5) is 17.4. The van der Waals surface area contributed by atoms with Crippen molar-refractivity contribution in [3.63, 3.8) is 0 Å². The molecule has 0 bridgehead atoms. The second-order valence-electron chi connectivity index (χ2n) is 10.7. The van der Waals surface area contributed by atoms with E-state index in [4.69, 9.17) is 9.47 Å². The van der Waals surface area contributed by atoms with Gasteiger partial charge in [0.05, 0.1) is 31.1 Å². The summed E-state index contributed by atoms with van der Waals surface area (Å²) >= 11 is 0. The van der Waals surface area contributed by atoms with Gasteiger partial charge in [-0.15, -0.1) is 0 Å². The number of methoxy groups -OCH3 is 1. The summed E-state index contributed by atoms with van der Waals surface area (Å²) in [6, 6.07) is 20.9. The molecular weight excluding hydrogens is 542 g/mol. The lowest BCUT2D eigenvalue weighted by molar-refractivity contribution is -0.134. The van der Waals surface area contributed by atoms with Crippen molar-refractivity contribution in [2.24, 2.45) is 5.92 Å². The monoisotopic (exact) mass is 581 g/mol. The summed E-state index contributed by atoms with van der Waals surface area (Å²) in [6.07, 6.45) is -0.250. The molecule has 0 saturated heterocycles. The number of hydrogen-bond donors (Lipinski definition) is 2. The maximum absolute atomic E-state index is 13.5. The van der Waals surface area contributed by atoms with Gasteiger partial charge in [0.1, 0.15) is 17.6 Å². The van der Waals surface area contributed by atoms with E-state index < -0.39 is 10.0 Å². The molecule has 0 aliphatic carbocycles. The number of anilines is 1. The minimum absolute atomic E-state index is 0.0110. The molecule has 1 amide bonds. The molecule has 3 atom stereocenters. The van der Waals surface area contributed by atoms with E-state index in [0.29, 0.717) is 35.8 Å². The predicted octanol–water partition coefficient (Wildman–Crippen LogP) is 3.78. The molecule has 0 radical (unpaired) electrons. The Morgan fingerprint density at radius 1 is 1.12 bits per heavy atom. The predicted molar refractivity (Wildman–Crippen MR) is 159 cm³/mol. The summed E-state index contributed by atoms with van der Waals surface area (Å²) in [5, 5.41) is 9.89. The lowest BCUT2D eigenvalue weighted by atomic mass is 10.0. The number of hydrogen-bond acceptors (Lipinski definition) is 7. The van der Waals surface area contributed by atoms with Crippen LogP contribution in [0.5, 0.6) is 11.5 Å². The largest absolute Gasteiger partial charge is 0.497 e. The van der Waals surface area contributed by atoms with Crippen molar-refractivity contribution in [1.29, 1.82) is 0 Å². The third-order valence-electron chi connectivity index (χ3n) is 7.33. The fourth-order valence-electron chi connectivity index (χ4n) is 4.95.